The van der Waals surface area contributed by atoms with E-state index >= 15 is 0 Å². The van der Waals surface area contributed by atoms with E-state index < -0.39 is 0 Å². The molecule has 60 valence electrons. The SMILES string of the molecule is CC(Br)Nc1ccc(Br)cc1. The lowest BCUT2D eigenvalue weighted by molar-refractivity contribution is 1.15. The Hall–Kier alpha value is -0.0200. The Labute approximate surface area is 83.4 Å². The maximum Gasteiger partial charge on any atom is 0.0789 e. The molecular weight excluding hydrogens is 270 g/mol. The fraction of sp³-hybridized carbons (Fsp3) is 0.250. The van der Waals surface area contributed by atoms with Crippen LogP contribution in [0.5, 0.6) is 0 Å². The molecule has 0 heterocycles. The van der Waals surface area contributed by atoms with Crippen molar-refractivity contribution in [1.29, 1.82) is 0 Å². The van der Waals surface area contributed by atoms with E-state index in [9.17, 15) is 0 Å². The van der Waals surface area contributed by atoms with Gasteiger partial charge in [0.2, 0.25) is 0 Å². The predicted octanol–water partition coefficient (Wildman–Crippen LogP) is 3.60. The number of hydrogen-bond donors (Lipinski definition) is 1. The van der Waals surface area contributed by atoms with E-state index in [4.69, 9.17) is 0 Å². The lowest BCUT2D eigenvalue weighted by Crippen LogP contribution is -2.05. The van der Waals surface area contributed by atoms with Crippen LogP contribution < -0.4 is 5.32 Å². The maximum absolute atomic E-state index is 3.41. The van der Waals surface area contributed by atoms with E-state index in [2.05, 4.69) is 37.2 Å². The van der Waals surface area contributed by atoms with Crippen LogP contribution in [0.2, 0.25) is 0 Å². The first-order valence-corrected chi connectivity index (χ1v) is 5.05. The van der Waals surface area contributed by atoms with Gasteiger partial charge in [-0.05, 0) is 31.2 Å². The van der Waals surface area contributed by atoms with Gasteiger partial charge in [-0.2, -0.15) is 0 Å². The van der Waals surface area contributed by atoms with E-state index in [1.165, 1.54) is 0 Å². The lowest BCUT2D eigenvalue weighted by atomic mass is 10.3. The third kappa shape index (κ3) is 3.25. The number of alkyl halides is 1. The minimum atomic E-state index is 0.309. The van der Waals surface area contributed by atoms with Gasteiger partial charge in [-0.3, -0.25) is 0 Å². The highest BCUT2D eigenvalue weighted by molar-refractivity contribution is 9.10. The van der Waals surface area contributed by atoms with E-state index in [1.807, 2.05) is 31.2 Å². The Balaban J connectivity index is 2.66. The van der Waals surface area contributed by atoms with Crippen molar-refractivity contribution in [3.8, 4) is 0 Å². The second kappa shape index (κ2) is 4.12. The molecule has 0 aliphatic rings. The summed E-state index contributed by atoms with van der Waals surface area (Å²) in [5.41, 5.74) is 1.12. The van der Waals surface area contributed by atoms with Crippen molar-refractivity contribution < 1.29 is 0 Å². The molecule has 1 atom stereocenters. The number of anilines is 1. The minimum Gasteiger partial charge on any atom is -0.373 e. The molecule has 1 nitrogen and oxygen atoms in total. The molecule has 1 aromatic carbocycles. The zero-order chi connectivity index (χ0) is 8.27. The highest BCUT2D eigenvalue weighted by Crippen LogP contribution is 2.15. The molecule has 3 heteroatoms. The second-order valence-electron chi connectivity index (χ2n) is 2.27. The Bertz CT molecular complexity index is 218. The Kier molecular flexibility index (Phi) is 3.40. The fourth-order valence-corrected chi connectivity index (χ4v) is 1.30. The Morgan fingerprint density at radius 2 is 1.82 bits per heavy atom. The van der Waals surface area contributed by atoms with Crippen LogP contribution in [0.1, 0.15) is 6.92 Å². The summed E-state index contributed by atoms with van der Waals surface area (Å²) in [5, 5.41) is 3.23. The van der Waals surface area contributed by atoms with Gasteiger partial charge in [-0.25, -0.2) is 0 Å². The molecule has 0 saturated heterocycles. The van der Waals surface area contributed by atoms with E-state index in [0.29, 0.717) is 4.95 Å². The Morgan fingerprint density at radius 1 is 1.27 bits per heavy atom. The topological polar surface area (TPSA) is 12.0 Å². The number of benzene rings is 1. The van der Waals surface area contributed by atoms with Gasteiger partial charge in [0, 0.05) is 10.2 Å². The molecule has 0 aliphatic heterocycles. The summed E-state index contributed by atoms with van der Waals surface area (Å²) in [5.74, 6) is 0. The highest BCUT2D eigenvalue weighted by Gasteiger charge is 1.94. The van der Waals surface area contributed by atoms with Crippen LogP contribution in [0.25, 0.3) is 0 Å². The summed E-state index contributed by atoms with van der Waals surface area (Å²) in [6, 6.07) is 8.08. The van der Waals surface area contributed by atoms with Crippen molar-refractivity contribution in [3.05, 3.63) is 28.7 Å². The smallest absolute Gasteiger partial charge is 0.0789 e. The van der Waals surface area contributed by atoms with Crippen LogP contribution in [0.4, 0.5) is 5.69 Å². The van der Waals surface area contributed by atoms with Gasteiger partial charge >= 0.3 is 0 Å². The minimum absolute atomic E-state index is 0.309. The van der Waals surface area contributed by atoms with Gasteiger partial charge in [-0.1, -0.05) is 31.9 Å². The summed E-state index contributed by atoms with van der Waals surface area (Å²) in [6.45, 7) is 2.04. The molecule has 1 unspecified atom stereocenters. The molecule has 1 rings (SSSR count). The zero-order valence-electron chi connectivity index (χ0n) is 6.14. The van der Waals surface area contributed by atoms with Crippen LogP contribution >= 0.6 is 31.9 Å². The summed E-state index contributed by atoms with van der Waals surface area (Å²) < 4.78 is 1.10. The van der Waals surface area contributed by atoms with Gasteiger partial charge in [-0.15, -0.1) is 0 Å². The van der Waals surface area contributed by atoms with Crippen LogP contribution in [0.3, 0.4) is 0 Å². The lowest BCUT2D eigenvalue weighted by Gasteiger charge is -2.07. The third-order valence-corrected chi connectivity index (χ3v) is 1.97. The quantitative estimate of drug-likeness (QED) is 0.644. The Morgan fingerprint density at radius 3 is 2.27 bits per heavy atom. The first kappa shape index (κ1) is 9.07. The van der Waals surface area contributed by atoms with Crippen LogP contribution in [0, 0.1) is 0 Å². The molecule has 0 aromatic heterocycles. The standard InChI is InChI=1S/C8H9Br2N/c1-6(9)11-8-4-2-7(10)3-5-8/h2-6,11H,1H3. The van der Waals surface area contributed by atoms with Gasteiger partial charge in [0.15, 0.2) is 0 Å². The first-order valence-electron chi connectivity index (χ1n) is 3.34. The van der Waals surface area contributed by atoms with Crippen molar-refractivity contribution in [2.75, 3.05) is 5.32 Å². The zero-order valence-corrected chi connectivity index (χ0v) is 9.31. The average Bonchev–Trinajstić information content (AvgIpc) is 1.93. The molecule has 0 spiro atoms. The van der Waals surface area contributed by atoms with E-state index in [-0.39, 0.29) is 0 Å². The largest absolute Gasteiger partial charge is 0.373 e. The van der Waals surface area contributed by atoms with Crippen LogP contribution in [0.15, 0.2) is 28.7 Å². The monoisotopic (exact) mass is 277 g/mol. The van der Waals surface area contributed by atoms with Crippen molar-refractivity contribution in [2.45, 2.75) is 11.9 Å². The number of hydrogen-bond acceptors (Lipinski definition) is 1. The molecular formula is C8H9Br2N. The predicted molar refractivity (Wildman–Crippen MR) is 56.2 cm³/mol. The van der Waals surface area contributed by atoms with Crippen molar-refractivity contribution in [2.24, 2.45) is 0 Å². The molecule has 0 bridgehead atoms. The molecule has 0 saturated carbocycles. The molecule has 1 N–H and O–H groups in total. The van der Waals surface area contributed by atoms with Gasteiger partial charge < -0.3 is 5.32 Å². The average molecular weight is 279 g/mol. The van der Waals surface area contributed by atoms with E-state index in [1.54, 1.807) is 0 Å². The third-order valence-electron chi connectivity index (χ3n) is 1.21. The number of nitrogens with one attached hydrogen (secondary N) is 1. The van der Waals surface area contributed by atoms with Crippen LogP contribution in [-0.2, 0) is 0 Å². The summed E-state index contributed by atoms with van der Waals surface area (Å²) in [7, 11) is 0. The molecule has 11 heavy (non-hydrogen) atoms. The van der Waals surface area contributed by atoms with Crippen molar-refractivity contribution >= 4 is 37.5 Å². The van der Waals surface area contributed by atoms with Crippen molar-refractivity contribution in [1.82, 2.24) is 0 Å². The normalized spacial score (nSPS) is 12.6. The van der Waals surface area contributed by atoms with E-state index in [0.717, 1.165) is 10.2 Å². The van der Waals surface area contributed by atoms with Gasteiger partial charge in [0.25, 0.3) is 0 Å². The van der Waals surface area contributed by atoms with Gasteiger partial charge in [0.1, 0.15) is 0 Å². The summed E-state index contributed by atoms with van der Waals surface area (Å²) in [6.07, 6.45) is 0. The van der Waals surface area contributed by atoms with Crippen LogP contribution in [-0.4, -0.2) is 4.95 Å². The first-order chi connectivity index (χ1) is 5.18. The van der Waals surface area contributed by atoms with Crippen molar-refractivity contribution in [3.63, 3.8) is 0 Å². The maximum atomic E-state index is 3.41. The number of halogens is 2. The second-order valence-corrected chi connectivity index (χ2v) is 4.56. The molecule has 0 aliphatic carbocycles. The van der Waals surface area contributed by atoms with Gasteiger partial charge in [0.05, 0.1) is 4.95 Å². The molecule has 0 fully saturated rings. The molecule has 1 aromatic rings. The molecule has 0 amide bonds. The molecule has 0 radical (unpaired) electrons. The summed E-state index contributed by atoms with van der Waals surface area (Å²) in [4.78, 5) is 0.309. The number of rotatable bonds is 2. The fourth-order valence-electron chi connectivity index (χ4n) is 0.776. The summed E-state index contributed by atoms with van der Waals surface area (Å²) >= 11 is 6.78. The highest BCUT2D eigenvalue weighted by atomic mass is 79.9.